The molecule has 0 heterocycles. The molecule has 4 nitrogen and oxygen atoms in total. The van der Waals surface area contributed by atoms with Gasteiger partial charge in [-0.1, -0.05) is 0 Å². The number of hydrogen-bond donors (Lipinski definition) is 0. The number of nitrogens with zero attached hydrogens (tertiary/aromatic N) is 1. The van der Waals surface area contributed by atoms with Gasteiger partial charge < -0.3 is 27.7 Å². The molecule has 0 rings (SSSR count). The Morgan fingerprint density at radius 1 is 1.29 bits per heavy atom. The second-order valence-electron chi connectivity index (χ2n) is 0.224. The summed E-state index contributed by atoms with van der Waals surface area (Å²) in [5, 5.41) is 14.8. The molecular formula is ClLiNNaO3. The molecule has 0 radical (unpaired) electrons. The van der Waals surface area contributed by atoms with Crippen molar-refractivity contribution in [3.8, 4) is 0 Å². The second kappa shape index (κ2) is 15.7. The topological polar surface area (TPSA) is 66.2 Å². The molecule has 0 saturated carbocycles. The van der Waals surface area contributed by atoms with Gasteiger partial charge in [-0.15, -0.1) is 0 Å². The van der Waals surface area contributed by atoms with E-state index in [9.17, 15) is 0 Å². The van der Waals surface area contributed by atoms with E-state index in [1.807, 2.05) is 0 Å². The Kier molecular flexibility index (Phi) is 54.6. The van der Waals surface area contributed by atoms with E-state index in [1.165, 1.54) is 0 Å². The summed E-state index contributed by atoms with van der Waals surface area (Å²) in [7, 11) is 0. The third-order valence-electron chi connectivity index (χ3n) is 0. The molecular weight excluding hydrogens is 127 g/mol. The first-order chi connectivity index (χ1) is 1.73. The van der Waals surface area contributed by atoms with E-state index in [4.69, 9.17) is 15.3 Å². The monoisotopic (exact) mass is 127 g/mol. The van der Waals surface area contributed by atoms with E-state index >= 15 is 0 Å². The second-order valence-corrected chi connectivity index (χ2v) is 0.224. The Balaban J connectivity index is -0.0000000150. The summed E-state index contributed by atoms with van der Waals surface area (Å²) in [4.78, 5) is 8.25. The maximum Gasteiger partial charge on any atom is 1.00 e. The van der Waals surface area contributed by atoms with Gasteiger partial charge in [0.2, 0.25) is 0 Å². The molecule has 0 N–H and O–H groups in total. The summed E-state index contributed by atoms with van der Waals surface area (Å²) in [6.07, 6.45) is 0. The number of rotatable bonds is 0. The van der Waals surface area contributed by atoms with Crippen LogP contribution in [0.15, 0.2) is 0 Å². The Morgan fingerprint density at radius 3 is 1.29 bits per heavy atom. The van der Waals surface area contributed by atoms with E-state index in [0.717, 1.165) is 0 Å². The predicted octanol–water partition coefficient (Wildman–Crippen LogP) is -9.23. The minimum Gasteiger partial charge on any atom is -1.00 e. The predicted molar refractivity (Wildman–Crippen MR) is 10.4 cm³/mol. The molecule has 7 heteroatoms. The molecule has 0 saturated heterocycles. The SMILES string of the molecule is O=[N+]([O-])[O-].[Cl-].[Li+].[Na+]. The van der Waals surface area contributed by atoms with E-state index in [0.29, 0.717) is 0 Å². The number of halogens is 1. The van der Waals surface area contributed by atoms with Gasteiger partial charge in [0, 0.05) is 0 Å². The maximum absolute atomic E-state index is 8.25. The quantitative estimate of drug-likeness (QED) is 0.184. The van der Waals surface area contributed by atoms with Crippen LogP contribution in [0.4, 0.5) is 0 Å². The molecule has 0 aliphatic heterocycles. The maximum atomic E-state index is 8.25. The average Bonchev–Trinajstić information content (AvgIpc) is 0.811. The van der Waals surface area contributed by atoms with E-state index in [-0.39, 0.29) is 60.8 Å². The summed E-state index contributed by atoms with van der Waals surface area (Å²) in [5.41, 5.74) is 0. The van der Waals surface area contributed by atoms with Gasteiger partial charge in [-0.25, -0.2) is 0 Å². The normalized spacial score (nSPS) is 3.43. The Morgan fingerprint density at radius 2 is 1.29 bits per heavy atom. The molecule has 0 aromatic heterocycles. The number of hydrogen-bond acceptors (Lipinski definition) is 3. The molecule has 0 fully saturated rings. The molecule has 0 atom stereocenters. The average molecular weight is 127 g/mol. The first-order valence-electron chi connectivity index (χ1n) is 0.548. The van der Waals surface area contributed by atoms with Crippen LogP contribution < -0.4 is 60.8 Å². The Bertz CT molecular complexity index is 37.9. The van der Waals surface area contributed by atoms with E-state index < -0.39 is 5.09 Å². The van der Waals surface area contributed by atoms with Crippen molar-refractivity contribution in [3.63, 3.8) is 0 Å². The van der Waals surface area contributed by atoms with Crippen LogP contribution in [-0.4, -0.2) is 5.09 Å². The third-order valence-corrected chi connectivity index (χ3v) is 0. The first kappa shape index (κ1) is 24.3. The summed E-state index contributed by atoms with van der Waals surface area (Å²) in [5.74, 6) is 0. The van der Waals surface area contributed by atoms with Crippen LogP contribution in [-0.2, 0) is 0 Å². The van der Waals surface area contributed by atoms with Gasteiger partial charge in [0.25, 0.3) is 0 Å². The van der Waals surface area contributed by atoms with Crippen LogP contribution in [0.5, 0.6) is 0 Å². The van der Waals surface area contributed by atoms with Crippen molar-refractivity contribution in [2.24, 2.45) is 0 Å². The summed E-state index contributed by atoms with van der Waals surface area (Å²) in [6.45, 7) is 0. The molecule has 0 aromatic carbocycles. The van der Waals surface area contributed by atoms with Crippen molar-refractivity contribution in [2.45, 2.75) is 0 Å². The minimum absolute atomic E-state index is 0. The molecule has 0 amide bonds. The molecule has 0 spiro atoms. The van der Waals surface area contributed by atoms with Gasteiger partial charge in [-0.2, -0.15) is 0 Å². The summed E-state index contributed by atoms with van der Waals surface area (Å²) >= 11 is 0. The largest absolute Gasteiger partial charge is 1.00 e. The molecule has 7 heavy (non-hydrogen) atoms. The van der Waals surface area contributed by atoms with Crippen LogP contribution in [0.2, 0.25) is 0 Å². The van der Waals surface area contributed by atoms with Crippen molar-refractivity contribution in [1.29, 1.82) is 0 Å². The smallest absolute Gasteiger partial charge is 1.00 e. The van der Waals surface area contributed by atoms with E-state index in [2.05, 4.69) is 0 Å². The molecule has 0 aliphatic carbocycles. The minimum atomic E-state index is -1.75. The standard InChI is InChI=1S/ClH.Li.NO3.Na/c;;2-1(3)4;/h1H;;;/q;+1;-1;+1/p-1. The molecule has 0 unspecified atom stereocenters. The fraction of sp³-hybridized carbons (Fsp3) is 0. The Labute approximate surface area is 80.6 Å². The van der Waals surface area contributed by atoms with Gasteiger partial charge in [0.15, 0.2) is 0 Å². The van der Waals surface area contributed by atoms with Gasteiger partial charge >= 0.3 is 48.4 Å². The van der Waals surface area contributed by atoms with Crippen molar-refractivity contribution < 1.29 is 65.9 Å². The fourth-order valence-corrected chi connectivity index (χ4v) is 0. The van der Waals surface area contributed by atoms with Gasteiger partial charge in [0.05, 0.1) is 5.09 Å². The van der Waals surface area contributed by atoms with Crippen molar-refractivity contribution >= 4 is 0 Å². The third kappa shape index (κ3) is 155. The van der Waals surface area contributed by atoms with Crippen LogP contribution in [0.25, 0.3) is 0 Å². The van der Waals surface area contributed by atoms with Gasteiger partial charge in [-0.05, 0) is 0 Å². The van der Waals surface area contributed by atoms with Crippen LogP contribution in [0.3, 0.4) is 0 Å². The molecule has 0 aliphatic rings. The van der Waals surface area contributed by atoms with Gasteiger partial charge in [0.1, 0.15) is 0 Å². The Hall–Kier alpha value is 1.09. The van der Waals surface area contributed by atoms with Crippen molar-refractivity contribution in [2.75, 3.05) is 0 Å². The zero-order valence-corrected chi connectivity index (χ0v) is 6.81. The van der Waals surface area contributed by atoms with E-state index in [1.54, 1.807) is 0 Å². The first-order valence-corrected chi connectivity index (χ1v) is 0.548. The van der Waals surface area contributed by atoms with Gasteiger partial charge in [-0.3, -0.25) is 0 Å². The summed E-state index contributed by atoms with van der Waals surface area (Å²) in [6, 6.07) is 0. The van der Waals surface area contributed by atoms with Crippen LogP contribution in [0.1, 0.15) is 0 Å². The molecule has 32 valence electrons. The fourth-order valence-electron chi connectivity index (χ4n) is 0. The van der Waals surface area contributed by atoms with Crippen LogP contribution >= 0.6 is 0 Å². The van der Waals surface area contributed by atoms with Crippen LogP contribution in [0, 0.1) is 15.3 Å². The zero-order chi connectivity index (χ0) is 3.58. The van der Waals surface area contributed by atoms with Crippen molar-refractivity contribution in [3.05, 3.63) is 15.3 Å². The zero-order valence-electron chi connectivity index (χ0n) is 4.05. The van der Waals surface area contributed by atoms with Crippen molar-refractivity contribution in [1.82, 2.24) is 0 Å². The summed E-state index contributed by atoms with van der Waals surface area (Å²) < 4.78 is 0. The molecule has 0 aromatic rings. The molecule has 0 bridgehead atoms.